The van der Waals surface area contributed by atoms with Crippen LogP contribution in [0.3, 0.4) is 0 Å². The molecule has 0 unspecified atom stereocenters. The molecule has 1 aromatic carbocycles. The lowest BCUT2D eigenvalue weighted by molar-refractivity contribution is -0.154. The van der Waals surface area contributed by atoms with Gasteiger partial charge in [0.2, 0.25) is 0 Å². The number of imide groups is 1. The Morgan fingerprint density at radius 2 is 1.81 bits per heavy atom. The van der Waals surface area contributed by atoms with Gasteiger partial charge in [0.15, 0.2) is 23.4 Å². The number of Topliss-reactive ketones (excluding diaryl/α,β-unsaturated/α-hetero) is 1. The van der Waals surface area contributed by atoms with Crippen molar-refractivity contribution < 1.29 is 33.4 Å². The van der Waals surface area contributed by atoms with Crippen LogP contribution < -0.4 is 20.1 Å². The van der Waals surface area contributed by atoms with Gasteiger partial charge in [-0.1, -0.05) is 0 Å². The van der Waals surface area contributed by atoms with E-state index in [-0.39, 0.29) is 18.6 Å². The Morgan fingerprint density at radius 1 is 1.11 bits per heavy atom. The van der Waals surface area contributed by atoms with Crippen LogP contribution in [0.5, 0.6) is 11.5 Å². The summed E-state index contributed by atoms with van der Waals surface area (Å²) < 4.78 is 15.8. The largest absolute Gasteiger partial charge is 0.486 e. The molecule has 1 atom stereocenters. The fourth-order valence-corrected chi connectivity index (χ4v) is 2.30. The van der Waals surface area contributed by atoms with E-state index in [9.17, 15) is 19.2 Å². The van der Waals surface area contributed by atoms with Crippen molar-refractivity contribution in [3.8, 4) is 11.5 Å². The van der Waals surface area contributed by atoms with E-state index < -0.39 is 24.0 Å². The van der Waals surface area contributed by atoms with Crippen LogP contribution in [0.4, 0.5) is 4.79 Å². The predicted octanol–water partition coefficient (Wildman–Crippen LogP) is 1.20. The Labute approximate surface area is 156 Å². The number of carbonyl (C=O) groups is 4. The summed E-state index contributed by atoms with van der Waals surface area (Å²) in [6.45, 7) is 4.27. The number of carbonyl (C=O) groups excluding carboxylic acids is 4. The van der Waals surface area contributed by atoms with Crippen LogP contribution in [-0.2, 0) is 14.3 Å². The molecule has 0 saturated heterocycles. The first-order chi connectivity index (χ1) is 12.9. The summed E-state index contributed by atoms with van der Waals surface area (Å²) in [6, 6.07) is 4.15. The van der Waals surface area contributed by atoms with E-state index in [1.807, 2.05) is 5.32 Å². The molecule has 0 fully saturated rings. The molecule has 0 spiro atoms. The fourth-order valence-electron chi connectivity index (χ4n) is 2.30. The fraction of sp³-hybridized carbons (Fsp3) is 0.444. The Bertz CT molecular complexity index is 732. The number of fused-ring (bicyclic) bond motifs is 1. The van der Waals surface area contributed by atoms with Gasteiger partial charge >= 0.3 is 12.0 Å². The summed E-state index contributed by atoms with van der Waals surface area (Å²) in [6.07, 6.45) is -1.42. The van der Waals surface area contributed by atoms with Crippen molar-refractivity contribution in [2.75, 3.05) is 19.8 Å². The maximum absolute atomic E-state index is 12.2. The highest BCUT2D eigenvalue weighted by Crippen LogP contribution is 2.31. The summed E-state index contributed by atoms with van der Waals surface area (Å²) in [5.41, 5.74) is 0.397. The molecule has 0 radical (unpaired) electrons. The quantitative estimate of drug-likeness (QED) is 0.540. The number of esters is 1. The van der Waals surface area contributed by atoms with Gasteiger partial charge in [-0.3, -0.25) is 19.7 Å². The molecule has 9 nitrogen and oxygen atoms in total. The first-order valence-corrected chi connectivity index (χ1v) is 8.61. The van der Waals surface area contributed by atoms with Crippen molar-refractivity contribution in [3.05, 3.63) is 23.8 Å². The summed E-state index contributed by atoms with van der Waals surface area (Å²) >= 11 is 0. The minimum absolute atomic E-state index is 0.0802. The standard InChI is InChI=1S/C18H22N2O7/c1-3-19-18(24)20-17(23)11(2)27-16(22)7-5-13(21)12-4-6-14-15(10-12)26-9-8-25-14/h4,6,10-11H,3,5,7-9H2,1-2H3,(H2,19,20,23,24)/t11-/m0/s1. The van der Waals surface area contributed by atoms with Crippen LogP contribution in [0.15, 0.2) is 18.2 Å². The number of hydrogen-bond donors (Lipinski definition) is 2. The predicted molar refractivity (Wildman–Crippen MR) is 93.8 cm³/mol. The average Bonchev–Trinajstić information content (AvgIpc) is 2.65. The molecule has 2 rings (SSSR count). The highest BCUT2D eigenvalue weighted by atomic mass is 16.6. The molecule has 0 aromatic heterocycles. The molecule has 1 heterocycles. The first kappa shape index (κ1) is 20.2. The molecule has 1 aliphatic heterocycles. The molecule has 0 bridgehead atoms. The smallest absolute Gasteiger partial charge is 0.321 e. The number of hydrogen-bond acceptors (Lipinski definition) is 7. The molecule has 9 heteroatoms. The van der Waals surface area contributed by atoms with E-state index in [1.54, 1.807) is 25.1 Å². The lowest BCUT2D eigenvalue weighted by Crippen LogP contribution is -2.44. The lowest BCUT2D eigenvalue weighted by Gasteiger charge is -2.18. The van der Waals surface area contributed by atoms with E-state index in [1.165, 1.54) is 6.92 Å². The Kier molecular flexibility index (Phi) is 7.16. The summed E-state index contributed by atoms with van der Waals surface area (Å²) in [7, 11) is 0. The van der Waals surface area contributed by atoms with Gasteiger partial charge in [-0.2, -0.15) is 0 Å². The van der Waals surface area contributed by atoms with E-state index in [2.05, 4.69) is 5.32 Å². The first-order valence-electron chi connectivity index (χ1n) is 8.61. The van der Waals surface area contributed by atoms with E-state index in [0.717, 1.165) is 0 Å². The van der Waals surface area contributed by atoms with E-state index >= 15 is 0 Å². The average molecular weight is 378 g/mol. The number of rotatable bonds is 7. The molecule has 146 valence electrons. The van der Waals surface area contributed by atoms with Gasteiger partial charge in [0.25, 0.3) is 5.91 Å². The van der Waals surface area contributed by atoms with Crippen molar-refractivity contribution in [3.63, 3.8) is 0 Å². The van der Waals surface area contributed by atoms with Gasteiger partial charge < -0.3 is 19.5 Å². The SMILES string of the molecule is CCNC(=O)NC(=O)[C@H](C)OC(=O)CCC(=O)c1ccc2c(c1)OCCO2. The summed E-state index contributed by atoms with van der Waals surface area (Å²) in [5, 5.41) is 4.44. The zero-order valence-corrected chi connectivity index (χ0v) is 15.2. The Morgan fingerprint density at radius 3 is 2.52 bits per heavy atom. The van der Waals surface area contributed by atoms with Gasteiger partial charge in [-0.25, -0.2) is 4.79 Å². The van der Waals surface area contributed by atoms with Crippen molar-refractivity contribution in [2.24, 2.45) is 0 Å². The van der Waals surface area contributed by atoms with Crippen LogP contribution in [0.1, 0.15) is 37.0 Å². The zero-order valence-electron chi connectivity index (χ0n) is 15.2. The number of benzene rings is 1. The van der Waals surface area contributed by atoms with Crippen LogP contribution in [0, 0.1) is 0 Å². The molecule has 2 N–H and O–H groups in total. The van der Waals surface area contributed by atoms with Crippen molar-refractivity contribution in [1.29, 1.82) is 0 Å². The molecule has 1 aliphatic rings. The number of urea groups is 1. The number of ketones is 1. The maximum atomic E-state index is 12.2. The van der Waals surface area contributed by atoms with Crippen molar-refractivity contribution in [1.82, 2.24) is 10.6 Å². The highest BCUT2D eigenvalue weighted by Gasteiger charge is 2.21. The third-order valence-corrected chi connectivity index (χ3v) is 3.67. The monoisotopic (exact) mass is 378 g/mol. The van der Waals surface area contributed by atoms with E-state index in [4.69, 9.17) is 14.2 Å². The maximum Gasteiger partial charge on any atom is 0.321 e. The second-order valence-corrected chi connectivity index (χ2v) is 5.76. The van der Waals surface area contributed by atoms with Crippen LogP contribution in [0.2, 0.25) is 0 Å². The highest BCUT2D eigenvalue weighted by molar-refractivity contribution is 5.99. The number of ether oxygens (including phenoxy) is 3. The van der Waals surface area contributed by atoms with Crippen LogP contribution >= 0.6 is 0 Å². The molecule has 27 heavy (non-hydrogen) atoms. The molecular formula is C18H22N2O7. The Hall–Kier alpha value is -3.10. The van der Waals surface area contributed by atoms with Gasteiger partial charge in [0, 0.05) is 18.5 Å². The second-order valence-electron chi connectivity index (χ2n) is 5.76. The number of amides is 3. The van der Waals surface area contributed by atoms with Crippen LogP contribution in [-0.4, -0.2) is 49.6 Å². The third-order valence-electron chi connectivity index (χ3n) is 3.67. The van der Waals surface area contributed by atoms with E-state index in [0.29, 0.717) is 36.8 Å². The minimum Gasteiger partial charge on any atom is -0.486 e. The molecule has 0 saturated carbocycles. The second kappa shape index (κ2) is 9.56. The summed E-state index contributed by atoms with van der Waals surface area (Å²) in [4.78, 5) is 47.1. The zero-order chi connectivity index (χ0) is 19.8. The molecular weight excluding hydrogens is 356 g/mol. The number of nitrogens with one attached hydrogen (secondary N) is 2. The van der Waals surface area contributed by atoms with Crippen LogP contribution in [0.25, 0.3) is 0 Å². The van der Waals surface area contributed by atoms with Crippen molar-refractivity contribution in [2.45, 2.75) is 32.8 Å². The molecule has 1 aromatic rings. The lowest BCUT2D eigenvalue weighted by atomic mass is 10.1. The van der Waals surface area contributed by atoms with Gasteiger partial charge in [0.05, 0.1) is 6.42 Å². The van der Waals surface area contributed by atoms with Crippen molar-refractivity contribution >= 4 is 23.7 Å². The van der Waals surface area contributed by atoms with Gasteiger partial charge in [-0.05, 0) is 32.0 Å². The third kappa shape index (κ3) is 5.98. The molecule has 3 amide bonds. The molecule has 0 aliphatic carbocycles. The van der Waals surface area contributed by atoms with Gasteiger partial charge in [-0.15, -0.1) is 0 Å². The van der Waals surface area contributed by atoms with Gasteiger partial charge in [0.1, 0.15) is 13.2 Å². The topological polar surface area (TPSA) is 120 Å². The minimum atomic E-state index is -1.15. The Balaban J connectivity index is 1.80. The summed E-state index contributed by atoms with van der Waals surface area (Å²) in [5.74, 6) is -0.648. The normalized spacial score (nSPS) is 13.3.